The van der Waals surface area contributed by atoms with Gasteiger partial charge in [0, 0.05) is 7.05 Å². The van der Waals surface area contributed by atoms with Crippen LogP contribution in [0.15, 0.2) is 24.3 Å². The molecule has 1 amide bonds. The molecular weight excluding hydrogens is 238 g/mol. The van der Waals surface area contributed by atoms with E-state index in [-0.39, 0.29) is 11.8 Å². The fraction of sp³-hybridized carbons (Fsp3) is 0.462. The number of alkyl halides is 1. The third-order valence-electron chi connectivity index (χ3n) is 2.57. The molecule has 0 unspecified atom stereocenters. The summed E-state index contributed by atoms with van der Waals surface area (Å²) in [5, 5.41) is 0. The zero-order valence-corrected chi connectivity index (χ0v) is 11.0. The van der Waals surface area contributed by atoms with Crippen LogP contribution in [0.1, 0.15) is 12.5 Å². The van der Waals surface area contributed by atoms with E-state index in [1.54, 1.807) is 11.9 Å². The number of halogens is 1. The number of hydrogen-bond acceptors (Lipinski definition) is 2. The van der Waals surface area contributed by atoms with E-state index in [0.29, 0.717) is 13.2 Å². The fourth-order valence-electron chi connectivity index (χ4n) is 1.35. The average Bonchev–Trinajstić information content (AvgIpc) is 2.38. The van der Waals surface area contributed by atoms with Gasteiger partial charge in [0.25, 0.3) is 0 Å². The normalized spacial score (nSPS) is 10.1. The lowest BCUT2D eigenvalue weighted by molar-refractivity contribution is -0.127. The molecule has 4 heteroatoms. The summed E-state index contributed by atoms with van der Waals surface area (Å²) in [6.45, 7) is 3.13. The van der Waals surface area contributed by atoms with Gasteiger partial charge < -0.3 is 9.64 Å². The molecule has 17 heavy (non-hydrogen) atoms. The van der Waals surface area contributed by atoms with E-state index >= 15 is 0 Å². The molecule has 0 saturated heterocycles. The van der Waals surface area contributed by atoms with Gasteiger partial charge in [-0.05, 0) is 24.1 Å². The zero-order valence-electron chi connectivity index (χ0n) is 10.3. The van der Waals surface area contributed by atoms with Crippen molar-refractivity contribution in [2.45, 2.75) is 13.3 Å². The molecule has 0 saturated carbocycles. The Labute approximate surface area is 107 Å². The van der Waals surface area contributed by atoms with Crippen molar-refractivity contribution in [3.8, 4) is 5.75 Å². The Morgan fingerprint density at radius 1 is 1.35 bits per heavy atom. The summed E-state index contributed by atoms with van der Waals surface area (Å²) in [6.07, 6.45) is 1.02. The molecule has 3 nitrogen and oxygen atoms in total. The van der Waals surface area contributed by atoms with Crippen molar-refractivity contribution < 1.29 is 9.53 Å². The molecule has 1 aromatic rings. The standard InChI is InChI=1S/C13H18ClNO2/c1-3-11-4-6-12(7-5-11)17-9-8-15(2)13(16)10-14/h4-7H,3,8-10H2,1-2H3. The van der Waals surface area contributed by atoms with Crippen molar-refractivity contribution in [2.24, 2.45) is 0 Å². The van der Waals surface area contributed by atoms with Gasteiger partial charge in [-0.2, -0.15) is 0 Å². The van der Waals surface area contributed by atoms with Crippen LogP contribution in [0.4, 0.5) is 0 Å². The summed E-state index contributed by atoms with van der Waals surface area (Å²) >= 11 is 5.44. The molecule has 0 aliphatic carbocycles. The number of rotatable bonds is 6. The maximum atomic E-state index is 11.2. The first-order valence-electron chi connectivity index (χ1n) is 5.69. The third-order valence-corrected chi connectivity index (χ3v) is 2.80. The summed E-state index contributed by atoms with van der Waals surface area (Å²) in [6, 6.07) is 7.98. The highest BCUT2D eigenvalue weighted by Crippen LogP contribution is 2.12. The Hall–Kier alpha value is -1.22. The van der Waals surface area contributed by atoms with E-state index in [0.717, 1.165) is 12.2 Å². The molecule has 0 spiro atoms. The molecule has 1 aromatic carbocycles. The van der Waals surface area contributed by atoms with E-state index in [1.807, 2.05) is 24.3 Å². The third kappa shape index (κ3) is 4.65. The molecule has 0 fully saturated rings. The SMILES string of the molecule is CCc1ccc(OCCN(C)C(=O)CCl)cc1. The van der Waals surface area contributed by atoms with Crippen LogP contribution in [0.3, 0.4) is 0 Å². The van der Waals surface area contributed by atoms with Gasteiger partial charge in [0.1, 0.15) is 18.2 Å². The summed E-state index contributed by atoms with van der Waals surface area (Å²) in [7, 11) is 1.72. The van der Waals surface area contributed by atoms with Gasteiger partial charge in [-0.15, -0.1) is 11.6 Å². The van der Waals surface area contributed by atoms with Gasteiger partial charge in [0.15, 0.2) is 0 Å². The molecule has 0 atom stereocenters. The second kappa shape index (κ2) is 7.17. The van der Waals surface area contributed by atoms with E-state index in [4.69, 9.17) is 16.3 Å². The molecule has 0 N–H and O–H groups in total. The van der Waals surface area contributed by atoms with Crippen LogP contribution in [0.2, 0.25) is 0 Å². The quantitative estimate of drug-likeness (QED) is 0.730. The maximum absolute atomic E-state index is 11.2. The second-order valence-corrected chi connectivity index (χ2v) is 4.06. The highest BCUT2D eigenvalue weighted by atomic mass is 35.5. The molecule has 1 rings (SSSR count). The molecule has 0 bridgehead atoms. The van der Waals surface area contributed by atoms with Gasteiger partial charge in [0.05, 0.1) is 6.54 Å². The van der Waals surface area contributed by atoms with Crippen molar-refractivity contribution in [3.05, 3.63) is 29.8 Å². The molecule has 0 heterocycles. The number of benzene rings is 1. The van der Waals surface area contributed by atoms with E-state index < -0.39 is 0 Å². The van der Waals surface area contributed by atoms with Gasteiger partial charge in [-0.3, -0.25) is 4.79 Å². The van der Waals surface area contributed by atoms with Gasteiger partial charge in [0.2, 0.25) is 5.91 Å². The fourth-order valence-corrected chi connectivity index (χ4v) is 1.55. The monoisotopic (exact) mass is 255 g/mol. The lowest BCUT2D eigenvalue weighted by Gasteiger charge is -2.16. The molecule has 0 radical (unpaired) electrons. The van der Waals surface area contributed by atoms with Crippen molar-refractivity contribution in [1.82, 2.24) is 4.90 Å². The van der Waals surface area contributed by atoms with E-state index in [9.17, 15) is 4.79 Å². The summed E-state index contributed by atoms with van der Waals surface area (Å²) in [5.41, 5.74) is 1.28. The number of amides is 1. The number of carbonyl (C=O) groups is 1. The highest BCUT2D eigenvalue weighted by molar-refractivity contribution is 6.27. The molecule has 0 aliphatic heterocycles. The first-order valence-corrected chi connectivity index (χ1v) is 6.22. The number of carbonyl (C=O) groups excluding carboxylic acids is 1. The largest absolute Gasteiger partial charge is 0.492 e. The van der Waals surface area contributed by atoms with Crippen molar-refractivity contribution >= 4 is 17.5 Å². The lowest BCUT2D eigenvalue weighted by atomic mass is 10.2. The van der Waals surface area contributed by atoms with Gasteiger partial charge in [-0.25, -0.2) is 0 Å². The first-order chi connectivity index (χ1) is 8.17. The second-order valence-electron chi connectivity index (χ2n) is 3.79. The van der Waals surface area contributed by atoms with Crippen LogP contribution in [0.5, 0.6) is 5.75 Å². The van der Waals surface area contributed by atoms with Crippen LogP contribution in [0.25, 0.3) is 0 Å². The molecule has 94 valence electrons. The number of aryl methyl sites for hydroxylation is 1. The summed E-state index contributed by atoms with van der Waals surface area (Å²) < 4.78 is 5.53. The Bertz CT molecular complexity index is 351. The number of nitrogens with zero attached hydrogens (tertiary/aromatic N) is 1. The molecular formula is C13H18ClNO2. The predicted octanol–water partition coefficient (Wildman–Crippen LogP) is 2.33. The van der Waals surface area contributed by atoms with Crippen molar-refractivity contribution in [2.75, 3.05) is 26.1 Å². The first kappa shape index (κ1) is 13.8. The summed E-state index contributed by atoms with van der Waals surface area (Å²) in [5.74, 6) is 0.757. The minimum absolute atomic E-state index is 0.0156. The van der Waals surface area contributed by atoms with Crippen LogP contribution in [-0.4, -0.2) is 36.9 Å². The zero-order chi connectivity index (χ0) is 12.7. The molecule has 0 aliphatic rings. The van der Waals surface area contributed by atoms with Crippen molar-refractivity contribution in [3.63, 3.8) is 0 Å². The highest BCUT2D eigenvalue weighted by Gasteiger charge is 2.06. The van der Waals surface area contributed by atoms with Crippen LogP contribution in [0, 0.1) is 0 Å². The van der Waals surface area contributed by atoms with E-state index in [1.165, 1.54) is 5.56 Å². The lowest BCUT2D eigenvalue weighted by Crippen LogP contribution is -2.31. The topological polar surface area (TPSA) is 29.5 Å². The Morgan fingerprint density at radius 2 is 2.00 bits per heavy atom. The summed E-state index contributed by atoms with van der Waals surface area (Å²) in [4.78, 5) is 12.7. The van der Waals surface area contributed by atoms with Crippen molar-refractivity contribution in [1.29, 1.82) is 0 Å². The maximum Gasteiger partial charge on any atom is 0.237 e. The van der Waals surface area contributed by atoms with Crippen LogP contribution in [-0.2, 0) is 11.2 Å². The Morgan fingerprint density at radius 3 is 2.53 bits per heavy atom. The van der Waals surface area contributed by atoms with Crippen LogP contribution < -0.4 is 4.74 Å². The van der Waals surface area contributed by atoms with Gasteiger partial charge >= 0.3 is 0 Å². The number of likely N-dealkylation sites (N-methyl/N-ethyl adjacent to an activating group) is 1. The van der Waals surface area contributed by atoms with E-state index in [2.05, 4.69) is 6.92 Å². The number of ether oxygens (including phenoxy) is 1. The minimum atomic E-state index is -0.0865. The Kier molecular flexibility index (Phi) is 5.84. The smallest absolute Gasteiger partial charge is 0.237 e. The molecule has 0 aromatic heterocycles. The predicted molar refractivity (Wildman–Crippen MR) is 69.7 cm³/mol. The minimum Gasteiger partial charge on any atom is -0.492 e. The number of hydrogen-bond donors (Lipinski definition) is 0. The Balaban J connectivity index is 2.33. The average molecular weight is 256 g/mol. The van der Waals surface area contributed by atoms with Gasteiger partial charge in [-0.1, -0.05) is 19.1 Å². The van der Waals surface area contributed by atoms with Crippen LogP contribution >= 0.6 is 11.6 Å².